The zero-order chi connectivity index (χ0) is 8.27. The molecule has 3 nitrogen and oxygen atoms in total. The van der Waals surface area contributed by atoms with Crippen LogP contribution in [0.25, 0.3) is 0 Å². The molecule has 3 heteroatoms. The van der Waals surface area contributed by atoms with Crippen LogP contribution in [0.4, 0.5) is 0 Å². The third-order valence-electron chi connectivity index (χ3n) is 1.86. The predicted octanol–water partition coefficient (Wildman–Crippen LogP) is 0.599. The van der Waals surface area contributed by atoms with Gasteiger partial charge in [0.1, 0.15) is 0 Å². The van der Waals surface area contributed by atoms with Crippen LogP contribution in [-0.2, 0) is 9.53 Å². The van der Waals surface area contributed by atoms with Gasteiger partial charge in [0, 0.05) is 6.42 Å². The summed E-state index contributed by atoms with van der Waals surface area (Å²) in [4.78, 5) is 10.6. The van der Waals surface area contributed by atoms with E-state index in [4.69, 9.17) is 10.5 Å². The lowest BCUT2D eigenvalue weighted by molar-refractivity contribution is -0.117. The Morgan fingerprint density at radius 1 is 1.73 bits per heavy atom. The van der Waals surface area contributed by atoms with Crippen molar-refractivity contribution in [3.63, 3.8) is 0 Å². The van der Waals surface area contributed by atoms with Crippen LogP contribution in [0.5, 0.6) is 0 Å². The largest absolute Gasteiger partial charge is 0.377 e. The van der Waals surface area contributed by atoms with Crippen LogP contribution >= 0.6 is 0 Å². The van der Waals surface area contributed by atoms with Gasteiger partial charge >= 0.3 is 0 Å². The number of hydrogen-bond donors (Lipinski definition) is 1. The van der Waals surface area contributed by atoms with Gasteiger partial charge in [-0.1, -0.05) is 5.57 Å². The summed E-state index contributed by atoms with van der Waals surface area (Å²) in [5.41, 5.74) is 7.39. The van der Waals surface area contributed by atoms with Crippen LogP contribution in [0.2, 0.25) is 0 Å². The molecular weight excluding hydrogens is 142 g/mol. The first-order valence-corrected chi connectivity index (χ1v) is 3.73. The highest BCUT2D eigenvalue weighted by Gasteiger charge is 2.10. The summed E-state index contributed by atoms with van der Waals surface area (Å²) in [5, 5.41) is 0. The molecule has 2 N–H and O–H groups in total. The van der Waals surface area contributed by atoms with Gasteiger partial charge in [-0.3, -0.25) is 4.79 Å². The normalized spacial score (nSPS) is 18.6. The third-order valence-corrected chi connectivity index (χ3v) is 1.86. The van der Waals surface area contributed by atoms with Crippen LogP contribution in [0.15, 0.2) is 11.1 Å². The minimum Gasteiger partial charge on any atom is -0.377 e. The molecule has 0 aromatic carbocycles. The Balaban J connectivity index is 2.59. The highest BCUT2D eigenvalue weighted by Crippen LogP contribution is 2.17. The molecule has 1 heterocycles. The van der Waals surface area contributed by atoms with Gasteiger partial charge in [-0.2, -0.15) is 0 Å². The zero-order valence-corrected chi connectivity index (χ0v) is 6.72. The van der Waals surface area contributed by atoms with Gasteiger partial charge in [-0.15, -0.1) is 0 Å². The van der Waals surface area contributed by atoms with Crippen molar-refractivity contribution in [3.8, 4) is 0 Å². The van der Waals surface area contributed by atoms with Gasteiger partial charge in [0.25, 0.3) is 0 Å². The Morgan fingerprint density at radius 2 is 2.45 bits per heavy atom. The number of nitrogens with two attached hydrogens (primary N) is 1. The highest BCUT2D eigenvalue weighted by atomic mass is 16.5. The average molecular weight is 155 g/mol. The van der Waals surface area contributed by atoms with Gasteiger partial charge in [-0.05, 0) is 18.9 Å². The highest BCUT2D eigenvalue weighted by molar-refractivity contribution is 5.76. The summed E-state index contributed by atoms with van der Waals surface area (Å²) in [6.45, 7) is 3.36. The standard InChI is InChI=1S/C8H13NO2/c1-6-5-11-3-2-7(6)4-8(9)10/h2-5H2,1H3,(H2,9,10). The van der Waals surface area contributed by atoms with E-state index in [-0.39, 0.29) is 5.91 Å². The fraction of sp³-hybridized carbons (Fsp3) is 0.625. The van der Waals surface area contributed by atoms with E-state index in [1.807, 2.05) is 6.92 Å². The van der Waals surface area contributed by atoms with E-state index in [0.29, 0.717) is 13.0 Å². The average Bonchev–Trinajstić information content (AvgIpc) is 1.93. The van der Waals surface area contributed by atoms with E-state index in [2.05, 4.69) is 0 Å². The molecule has 0 spiro atoms. The fourth-order valence-electron chi connectivity index (χ4n) is 1.19. The number of ether oxygens (including phenoxy) is 1. The molecule has 1 rings (SSSR count). The smallest absolute Gasteiger partial charge is 0.221 e. The summed E-state index contributed by atoms with van der Waals surface area (Å²) in [6.07, 6.45) is 1.25. The molecule has 0 aliphatic carbocycles. The maximum atomic E-state index is 10.6. The maximum Gasteiger partial charge on any atom is 0.221 e. The first-order valence-electron chi connectivity index (χ1n) is 3.73. The van der Waals surface area contributed by atoms with Crippen molar-refractivity contribution >= 4 is 5.91 Å². The Bertz CT molecular complexity index is 196. The molecule has 0 bridgehead atoms. The second kappa shape index (κ2) is 3.53. The summed E-state index contributed by atoms with van der Waals surface area (Å²) in [7, 11) is 0. The van der Waals surface area contributed by atoms with Gasteiger partial charge in [0.15, 0.2) is 0 Å². The molecule has 0 atom stereocenters. The van der Waals surface area contributed by atoms with Gasteiger partial charge in [-0.25, -0.2) is 0 Å². The first-order chi connectivity index (χ1) is 5.20. The topological polar surface area (TPSA) is 52.3 Å². The van der Waals surface area contributed by atoms with Crippen LogP contribution < -0.4 is 5.73 Å². The molecule has 1 aliphatic heterocycles. The first kappa shape index (κ1) is 8.27. The van der Waals surface area contributed by atoms with Gasteiger partial charge in [0.05, 0.1) is 13.2 Å². The van der Waals surface area contributed by atoms with E-state index in [9.17, 15) is 4.79 Å². The van der Waals surface area contributed by atoms with Gasteiger partial charge in [0.2, 0.25) is 5.91 Å². The fourth-order valence-corrected chi connectivity index (χ4v) is 1.19. The summed E-state index contributed by atoms with van der Waals surface area (Å²) < 4.78 is 5.18. The number of amides is 1. The monoisotopic (exact) mass is 155 g/mol. The quantitative estimate of drug-likeness (QED) is 0.593. The van der Waals surface area contributed by atoms with Crippen LogP contribution in [0, 0.1) is 0 Å². The van der Waals surface area contributed by atoms with Crippen LogP contribution in [0.3, 0.4) is 0 Å². The lowest BCUT2D eigenvalue weighted by atomic mass is 10.0. The molecule has 0 aromatic rings. The molecule has 62 valence electrons. The van der Waals surface area contributed by atoms with E-state index >= 15 is 0 Å². The molecular formula is C8H13NO2. The third kappa shape index (κ3) is 2.35. The summed E-state index contributed by atoms with van der Waals surface area (Å²) >= 11 is 0. The summed E-state index contributed by atoms with van der Waals surface area (Å²) in [5.74, 6) is -0.249. The number of rotatable bonds is 2. The number of hydrogen-bond acceptors (Lipinski definition) is 2. The van der Waals surface area contributed by atoms with Crippen LogP contribution in [0.1, 0.15) is 19.8 Å². The number of carbonyl (C=O) groups is 1. The summed E-state index contributed by atoms with van der Waals surface area (Å²) in [6, 6.07) is 0. The Hall–Kier alpha value is -0.830. The van der Waals surface area contributed by atoms with E-state index in [1.165, 1.54) is 0 Å². The lowest BCUT2D eigenvalue weighted by Crippen LogP contribution is -2.16. The Morgan fingerprint density at radius 3 is 3.00 bits per heavy atom. The molecule has 0 saturated carbocycles. The molecule has 0 unspecified atom stereocenters. The minimum atomic E-state index is -0.249. The second-order valence-electron chi connectivity index (χ2n) is 2.83. The number of primary amides is 1. The molecule has 11 heavy (non-hydrogen) atoms. The Labute approximate surface area is 66.2 Å². The zero-order valence-electron chi connectivity index (χ0n) is 6.72. The SMILES string of the molecule is CC1=C(CC(N)=O)CCOC1. The van der Waals surface area contributed by atoms with Crippen molar-refractivity contribution in [2.75, 3.05) is 13.2 Å². The van der Waals surface area contributed by atoms with E-state index < -0.39 is 0 Å². The minimum absolute atomic E-state index is 0.249. The van der Waals surface area contributed by atoms with Crippen molar-refractivity contribution in [2.45, 2.75) is 19.8 Å². The second-order valence-corrected chi connectivity index (χ2v) is 2.83. The molecule has 0 aromatic heterocycles. The molecule has 0 fully saturated rings. The van der Waals surface area contributed by atoms with Gasteiger partial charge < -0.3 is 10.5 Å². The number of carbonyl (C=O) groups excluding carboxylic acids is 1. The van der Waals surface area contributed by atoms with Crippen molar-refractivity contribution in [1.29, 1.82) is 0 Å². The predicted molar refractivity (Wildman–Crippen MR) is 41.9 cm³/mol. The van der Waals surface area contributed by atoms with Crippen molar-refractivity contribution in [3.05, 3.63) is 11.1 Å². The lowest BCUT2D eigenvalue weighted by Gasteiger charge is -2.16. The maximum absolute atomic E-state index is 10.6. The van der Waals surface area contributed by atoms with Crippen molar-refractivity contribution in [1.82, 2.24) is 0 Å². The molecule has 0 radical (unpaired) electrons. The van der Waals surface area contributed by atoms with Crippen LogP contribution in [-0.4, -0.2) is 19.1 Å². The van der Waals surface area contributed by atoms with E-state index in [0.717, 1.165) is 24.2 Å². The molecule has 1 aliphatic rings. The van der Waals surface area contributed by atoms with Crippen molar-refractivity contribution < 1.29 is 9.53 Å². The Kier molecular flexibility index (Phi) is 2.65. The van der Waals surface area contributed by atoms with E-state index in [1.54, 1.807) is 0 Å². The molecule has 0 saturated heterocycles. The van der Waals surface area contributed by atoms with Crippen molar-refractivity contribution in [2.24, 2.45) is 5.73 Å². The molecule has 1 amide bonds.